The molecule has 0 aliphatic carbocycles. The third-order valence-electron chi connectivity index (χ3n) is 3.16. The molecule has 0 saturated carbocycles. The lowest BCUT2D eigenvalue weighted by Crippen LogP contribution is -1.99. The van der Waals surface area contributed by atoms with Gasteiger partial charge in [0.2, 0.25) is 0 Å². The van der Waals surface area contributed by atoms with E-state index in [2.05, 4.69) is 0 Å². The Bertz CT molecular complexity index is 995. The minimum Gasteiger partial charge on any atom is -0.497 e. The Morgan fingerprint density at radius 1 is 1.05 bits per heavy atom. The van der Waals surface area contributed by atoms with Crippen molar-refractivity contribution in [1.82, 2.24) is 4.57 Å². The van der Waals surface area contributed by atoms with Crippen LogP contribution in [0.3, 0.4) is 0 Å². The van der Waals surface area contributed by atoms with Gasteiger partial charge >= 0.3 is 0 Å². The third-order valence-corrected chi connectivity index (χ3v) is 4.57. The monoisotopic (exact) mass is 369 g/mol. The van der Waals surface area contributed by atoms with Crippen molar-refractivity contribution < 1.29 is 9.15 Å². The van der Waals surface area contributed by atoms with Gasteiger partial charge in [0.1, 0.15) is 16.0 Å². The summed E-state index contributed by atoms with van der Waals surface area (Å²) in [5, 5.41) is 1.61. The van der Waals surface area contributed by atoms with Crippen molar-refractivity contribution in [3.05, 3.63) is 55.9 Å². The molecule has 112 valence electrons. The second-order valence-corrected chi connectivity index (χ2v) is 6.02. The van der Waals surface area contributed by atoms with E-state index in [1.165, 1.54) is 0 Å². The molecule has 2 aromatic carbocycles. The fourth-order valence-corrected chi connectivity index (χ4v) is 3.07. The van der Waals surface area contributed by atoms with Crippen molar-refractivity contribution in [1.29, 1.82) is 0 Å². The Balaban J connectivity index is 2.36. The number of methoxy groups -OCH3 is 1. The van der Waals surface area contributed by atoms with Crippen LogP contribution >= 0.6 is 47.6 Å². The first kappa shape index (κ1) is 15.5. The zero-order chi connectivity index (χ0) is 15.9. The number of rotatable bonds is 2. The van der Waals surface area contributed by atoms with Crippen molar-refractivity contribution in [2.24, 2.45) is 0 Å². The van der Waals surface area contributed by atoms with Gasteiger partial charge in [-0.05, 0) is 48.6 Å². The standard InChI is InChI=1S/C15H9Cl2NO2S2/c1-19-9-3-5-13-10(7-9)14(21)18(15(22)20-13)8-2-4-11(16)12(17)6-8/h2-7H,1H3. The molecule has 0 N–H and O–H groups in total. The van der Waals surface area contributed by atoms with E-state index >= 15 is 0 Å². The number of halogens is 2. The Morgan fingerprint density at radius 2 is 1.82 bits per heavy atom. The van der Waals surface area contributed by atoms with Gasteiger partial charge in [-0.3, -0.25) is 4.57 Å². The summed E-state index contributed by atoms with van der Waals surface area (Å²) in [6, 6.07) is 10.5. The molecule has 3 nitrogen and oxygen atoms in total. The average Bonchev–Trinajstić information content (AvgIpc) is 2.50. The summed E-state index contributed by atoms with van der Waals surface area (Å²) in [6.07, 6.45) is 0. The van der Waals surface area contributed by atoms with Gasteiger partial charge in [0.15, 0.2) is 0 Å². The van der Waals surface area contributed by atoms with E-state index in [0.29, 0.717) is 31.7 Å². The summed E-state index contributed by atoms with van der Waals surface area (Å²) < 4.78 is 13.1. The number of benzene rings is 2. The fourth-order valence-electron chi connectivity index (χ4n) is 2.08. The highest BCUT2D eigenvalue weighted by molar-refractivity contribution is 7.72. The smallest absolute Gasteiger partial charge is 0.274 e. The summed E-state index contributed by atoms with van der Waals surface area (Å²) in [5.41, 5.74) is 1.30. The lowest BCUT2D eigenvalue weighted by molar-refractivity contribution is 0.415. The van der Waals surface area contributed by atoms with Gasteiger partial charge in [0.25, 0.3) is 4.84 Å². The summed E-state index contributed by atoms with van der Waals surface area (Å²) in [6.45, 7) is 0. The normalized spacial score (nSPS) is 10.9. The molecule has 3 aromatic rings. The molecule has 1 heterocycles. The minimum absolute atomic E-state index is 0.237. The van der Waals surface area contributed by atoms with Gasteiger partial charge in [-0.25, -0.2) is 0 Å². The molecule has 7 heteroatoms. The van der Waals surface area contributed by atoms with Crippen LogP contribution in [0, 0.1) is 9.48 Å². The number of nitrogens with zero attached hydrogens (tertiary/aromatic N) is 1. The first-order chi connectivity index (χ1) is 10.5. The first-order valence-electron chi connectivity index (χ1n) is 6.20. The van der Waals surface area contributed by atoms with Crippen LogP contribution < -0.4 is 4.74 Å². The first-order valence-corrected chi connectivity index (χ1v) is 7.78. The molecule has 0 unspecified atom stereocenters. The fraction of sp³-hybridized carbons (Fsp3) is 0.0667. The molecule has 0 saturated heterocycles. The molecule has 0 bridgehead atoms. The second kappa shape index (κ2) is 6.01. The predicted molar refractivity (Wildman–Crippen MR) is 93.8 cm³/mol. The lowest BCUT2D eigenvalue weighted by Gasteiger charge is -2.10. The Labute approximate surface area is 146 Å². The highest BCUT2D eigenvalue weighted by Gasteiger charge is 2.09. The van der Waals surface area contributed by atoms with Crippen LogP contribution in [-0.4, -0.2) is 11.7 Å². The van der Waals surface area contributed by atoms with Crippen molar-refractivity contribution in [2.45, 2.75) is 0 Å². The third kappa shape index (κ3) is 2.65. The molecular formula is C15H9Cl2NO2S2. The number of ether oxygens (including phenoxy) is 1. The SMILES string of the molecule is COc1ccc2oc(=S)n(-c3ccc(Cl)c(Cl)c3)c(=S)c2c1. The van der Waals surface area contributed by atoms with Crippen LogP contribution in [0.1, 0.15) is 0 Å². The van der Waals surface area contributed by atoms with E-state index in [4.69, 9.17) is 56.8 Å². The summed E-state index contributed by atoms with van der Waals surface area (Å²) in [7, 11) is 1.59. The summed E-state index contributed by atoms with van der Waals surface area (Å²) in [5.74, 6) is 0.687. The van der Waals surface area contributed by atoms with Crippen LogP contribution in [0.25, 0.3) is 16.7 Å². The zero-order valence-electron chi connectivity index (χ0n) is 11.3. The molecule has 0 atom stereocenters. The van der Waals surface area contributed by atoms with Crippen molar-refractivity contribution in [2.75, 3.05) is 7.11 Å². The van der Waals surface area contributed by atoms with Gasteiger partial charge in [-0.2, -0.15) is 0 Å². The van der Waals surface area contributed by atoms with Crippen molar-refractivity contribution >= 4 is 58.6 Å². The lowest BCUT2D eigenvalue weighted by atomic mass is 10.2. The van der Waals surface area contributed by atoms with E-state index in [-0.39, 0.29) is 4.84 Å². The van der Waals surface area contributed by atoms with Crippen molar-refractivity contribution in [3.8, 4) is 11.4 Å². The molecule has 0 aliphatic rings. The largest absolute Gasteiger partial charge is 0.497 e. The molecular weight excluding hydrogens is 361 g/mol. The Hall–Kier alpha value is -1.40. The predicted octanol–water partition coefficient (Wildman–Crippen LogP) is 6.00. The molecule has 1 aromatic heterocycles. The van der Waals surface area contributed by atoms with Gasteiger partial charge in [-0.1, -0.05) is 35.4 Å². The molecule has 22 heavy (non-hydrogen) atoms. The maximum absolute atomic E-state index is 6.07. The molecule has 0 fully saturated rings. The Morgan fingerprint density at radius 3 is 2.50 bits per heavy atom. The Kier molecular flexibility index (Phi) is 4.23. The van der Waals surface area contributed by atoms with E-state index in [9.17, 15) is 0 Å². The van der Waals surface area contributed by atoms with Crippen molar-refractivity contribution in [3.63, 3.8) is 0 Å². The van der Waals surface area contributed by atoms with Crippen LogP contribution in [0.15, 0.2) is 40.8 Å². The van der Waals surface area contributed by atoms with Crippen LogP contribution in [0.2, 0.25) is 10.0 Å². The highest BCUT2D eigenvalue weighted by atomic mass is 35.5. The number of fused-ring (bicyclic) bond motifs is 1. The van der Waals surface area contributed by atoms with Crippen LogP contribution in [-0.2, 0) is 0 Å². The van der Waals surface area contributed by atoms with Gasteiger partial charge in [0.05, 0.1) is 28.2 Å². The van der Waals surface area contributed by atoms with E-state index < -0.39 is 0 Å². The molecule has 0 radical (unpaired) electrons. The van der Waals surface area contributed by atoms with E-state index in [1.54, 1.807) is 42.0 Å². The number of hydrogen-bond acceptors (Lipinski definition) is 4. The maximum atomic E-state index is 6.07. The second-order valence-electron chi connectivity index (χ2n) is 4.47. The van der Waals surface area contributed by atoms with Gasteiger partial charge in [0, 0.05) is 0 Å². The maximum Gasteiger partial charge on any atom is 0.274 e. The average molecular weight is 370 g/mol. The number of hydrogen-bond donors (Lipinski definition) is 0. The molecule has 0 amide bonds. The number of aromatic nitrogens is 1. The van der Waals surface area contributed by atoms with Gasteiger partial charge in [-0.15, -0.1) is 0 Å². The molecule has 3 rings (SSSR count). The van der Waals surface area contributed by atoms with E-state index in [0.717, 1.165) is 5.39 Å². The molecule has 0 spiro atoms. The highest BCUT2D eigenvalue weighted by Crippen LogP contribution is 2.28. The van der Waals surface area contributed by atoms with Gasteiger partial charge < -0.3 is 9.15 Å². The summed E-state index contributed by atoms with van der Waals surface area (Å²) in [4.78, 5) is 0.237. The van der Waals surface area contributed by atoms with E-state index in [1.807, 2.05) is 6.07 Å². The van der Waals surface area contributed by atoms with Crippen LogP contribution in [0.4, 0.5) is 0 Å². The zero-order valence-corrected chi connectivity index (χ0v) is 14.4. The summed E-state index contributed by atoms with van der Waals surface area (Å²) >= 11 is 22.9. The quantitative estimate of drug-likeness (QED) is 0.517. The van der Waals surface area contributed by atoms with Crippen LogP contribution in [0.5, 0.6) is 5.75 Å². The molecule has 0 aliphatic heterocycles. The minimum atomic E-state index is 0.237. The topological polar surface area (TPSA) is 27.3 Å².